The highest BCUT2D eigenvalue weighted by Crippen LogP contribution is 2.18. The molecular weight excluding hydrogens is 269 g/mol. The van der Waals surface area contributed by atoms with E-state index in [0.717, 1.165) is 19.4 Å². The quantitative estimate of drug-likeness (QED) is 0.876. The maximum Gasteiger partial charge on any atom is 0.169 e. The van der Waals surface area contributed by atoms with Crippen LogP contribution >= 0.6 is 0 Å². The lowest BCUT2D eigenvalue weighted by atomic mass is 10.1. The van der Waals surface area contributed by atoms with Crippen molar-refractivity contribution in [3.63, 3.8) is 0 Å². The third kappa shape index (κ3) is 5.25. The van der Waals surface area contributed by atoms with Gasteiger partial charge in [0.2, 0.25) is 0 Å². The smallest absolute Gasteiger partial charge is 0.169 e. The number of aromatic nitrogens is 1. The van der Waals surface area contributed by atoms with Gasteiger partial charge in [-0.05, 0) is 46.1 Å². The van der Waals surface area contributed by atoms with E-state index in [1.165, 1.54) is 6.42 Å². The molecule has 0 spiro atoms. The second kappa shape index (κ2) is 7.18. The fourth-order valence-corrected chi connectivity index (χ4v) is 2.28. The molecule has 0 bridgehead atoms. The standard InChI is InChI=1S/C16H26FN3O/c1-16(2,3)20-10-12-7-8-18-15(14(12)17)19-11-13-6-4-5-9-21-13/h7-8,13,20H,4-6,9-11H2,1-3H3,(H,18,19). The van der Waals surface area contributed by atoms with Crippen molar-refractivity contribution in [3.8, 4) is 0 Å². The maximum atomic E-state index is 14.4. The summed E-state index contributed by atoms with van der Waals surface area (Å²) in [6, 6.07) is 1.72. The van der Waals surface area contributed by atoms with Gasteiger partial charge in [-0.1, -0.05) is 0 Å². The molecule has 2 heterocycles. The van der Waals surface area contributed by atoms with Gasteiger partial charge in [0.1, 0.15) is 0 Å². The summed E-state index contributed by atoms with van der Waals surface area (Å²) in [6.45, 7) is 8.09. The van der Waals surface area contributed by atoms with Gasteiger partial charge in [-0.2, -0.15) is 0 Å². The van der Waals surface area contributed by atoms with Crippen LogP contribution in [-0.4, -0.2) is 29.8 Å². The van der Waals surface area contributed by atoms with Crippen LogP contribution < -0.4 is 10.6 Å². The minimum Gasteiger partial charge on any atom is -0.376 e. The predicted octanol–water partition coefficient (Wildman–Crippen LogP) is 3.09. The van der Waals surface area contributed by atoms with E-state index in [9.17, 15) is 4.39 Å². The van der Waals surface area contributed by atoms with Crippen molar-refractivity contribution in [2.45, 2.75) is 58.2 Å². The lowest BCUT2D eigenvalue weighted by Gasteiger charge is -2.23. The highest BCUT2D eigenvalue weighted by molar-refractivity contribution is 5.40. The minimum atomic E-state index is -0.273. The third-order valence-corrected chi connectivity index (χ3v) is 3.55. The fourth-order valence-electron chi connectivity index (χ4n) is 2.28. The second-order valence-corrected chi connectivity index (χ2v) is 6.61. The summed E-state index contributed by atoms with van der Waals surface area (Å²) >= 11 is 0. The first-order valence-electron chi connectivity index (χ1n) is 7.69. The topological polar surface area (TPSA) is 46.2 Å². The number of ether oxygens (including phenoxy) is 1. The molecule has 5 heteroatoms. The molecule has 1 aromatic heterocycles. The van der Waals surface area contributed by atoms with Crippen LogP contribution in [0.2, 0.25) is 0 Å². The largest absolute Gasteiger partial charge is 0.376 e. The summed E-state index contributed by atoms with van der Waals surface area (Å²) in [4.78, 5) is 4.10. The molecular formula is C16H26FN3O. The number of anilines is 1. The number of halogens is 1. The van der Waals surface area contributed by atoms with E-state index in [4.69, 9.17) is 4.74 Å². The minimum absolute atomic E-state index is 0.0424. The van der Waals surface area contributed by atoms with Gasteiger partial charge in [-0.15, -0.1) is 0 Å². The Balaban J connectivity index is 1.93. The summed E-state index contributed by atoms with van der Waals surface area (Å²) in [5.41, 5.74) is 0.589. The maximum absolute atomic E-state index is 14.4. The molecule has 1 fully saturated rings. The van der Waals surface area contributed by atoms with E-state index in [-0.39, 0.29) is 17.5 Å². The zero-order valence-electron chi connectivity index (χ0n) is 13.2. The number of nitrogens with zero attached hydrogens (tertiary/aromatic N) is 1. The third-order valence-electron chi connectivity index (χ3n) is 3.55. The highest BCUT2D eigenvalue weighted by Gasteiger charge is 2.16. The lowest BCUT2D eigenvalue weighted by molar-refractivity contribution is 0.0247. The summed E-state index contributed by atoms with van der Waals surface area (Å²) in [5, 5.41) is 6.37. The molecule has 0 aliphatic carbocycles. The molecule has 2 rings (SSSR count). The molecule has 0 amide bonds. The molecule has 1 aromatic rings. The molecule has 0 saturated carbocycles. The van der Waals surface area contributed by atoms with Crippen molar-refractivity contribution >= 4 is 5.82 Å². The van der Waals surface area contributed by atoms with E-state index in [2.05, 4.69) is 36.4 Å². The Labute approximate surface area is 126 Å². The number of pyridine rings is 1. The van der Waals surface area contributed by atoms with Crippen LogP contribution in [0.5, 0.6) is 0 Å². The summed E-state index contributed by atoms with van der Waals surface area (Å²) < 4.78 is 20.0. The van der Waals surface area contributed by atoms with E-state index < -0.39 is 0 Å². The first kappa shape index (κ1) is 16.2. The molecule has 1 saturated heterocycles. The molecule has 21 heavy (non-hydrogen) atoms. The molecule has 1 atom stereocenters. The second-order valence-electron chi connectivity index (χ2n) is 6.61. The number of hydrogen-bond donors (Lipinski definition) is 2. The van der Waals surface area contributed by atoms with Crippen molar-refractivity contribution in [1.29, 1.82) is 0 Å². The predicted molar refractivity (Wildman–Crippen MR) is 82.9 cm³/mol. The fraction of sp³-hybridized carbons (Fsp3) is 0.688. The van der Waals surface area contributed by atoms with E-state index >= 15 is 0 Å². The molecule has 4 nitrogen and oxygen atoms in total. The first-order chi connectivity index (χ1) is 9.96. The van der Waals surface area contributed by atoms with Crippen molar-refractivity contribution < 1.29 is 9.13 Å². The first-order valence-corrected chi connectivity index (χ1v) is 7.69. The van der Waals surface area contributed by atoms with Gasteiger partial charge in [0.05, 0.1) is 6.10 Å². The molecule has 1 unspecified atom stereocenters. The molecule has 0 aromatic carbocycles. The van der Waals surface area contributed by atoms with Crippen LogP contribution in [0, 0.1) is 5.82 Å². The van der Waals surface area contributed by atoms with Gasteiger partial charge >= 0.3 is 0 Å². The summed E-state index contributed by atoms with van der Waals surface area (Å²) in [6.07, 6.45) is 5.14. The average Bonchev–Trinajstić information content (AvgIpc) is 2.45. The van der Waals surface area contributed by atoms with Crippen LogP contribution in [0.1, 0.15) is 45.6 Å². The Hall–Kier alpha value is -1.20. The lowest BCUT2D eigenvalue weighted by Crippen LogP contribution is -2.35. The van der Waals surface area contributed by atoms with Crippen LogP contribution in [0.15, 0.2) is 12.3 Å². The SMILES string of the molecule is CC(C)(C)NCc1ccnc(NCC2CCCCO2)c1F. The zero-order chi connectivity index (χ0) is 15.3. The Morgan fingerprint density at radius 1 is 1.38 bits per heavy atom. The van der Waals surface area contributed by atoms with Gasteiger partial charge in [-0.3, -0.25) is 0 Å². The van der Waals surface area contributed by atoms with Gasteiger partial charge in [0.25, 0.3) is 0 Å². The summed E-state index contributed by atoms with van der Waals surface area (Å²) in [7, 11) is 0. The number of hydrogen-bond acceptors (Lipinski definition) is 4. The van der Waals surface area contributed by atoms with Crippen molar-refractivity contribution in [1.82, 2.24) is 10.3 Å². The van der Waals surface area contributed by atoms with Crippen molar-refractivity contribution in [3.05, 3.63) is 23.6 Å². The van der Waals surface area contributed by atoms with Crippen LogP contribution in [0.25, 0.3) is 0 Å². The zero-order valence-corrected chi connectivity index (χ0v) is 13.2. The van der Waals surface area contributed by atoms with E-state index in [1.54, 1.807) is 12.3 Å². The molecule has 2 N–H and O–H groups in total. The highest BCUT2D eigenvalue weighted by atomic mass is 19.1. The molecule has 1 aliphatic rings. The molecule has 118 valence electrons. The Morgan fingerprint density at radius 2 is 2.19 bits per heavy atom. The normalized spacial score (nSPS) is 19.5. The molecule has 1 aliphatic heterocycles. The average molecular weight is 295 g/mol. The van der Waals surface area contributed by atoms with Gasteiger partial charge in [0.15, 0.2) is 11.6 Å². The van der Waals surface area contributed by atoms with Crippen molar-refractivity contribution in [2.75, 3.05) is 18.5 Å². The van der Waals surface area contributed by atoms with Crippen LogP contribution in [0.4, 0.5) is 10.2 Å². The van der Waals surface area contributed by atoms with Gasteiger partial charge < -0.3 is 15.4 Å². The Bertz CT molecular complexity index is 453. The Kier molecular flexibility index (Phi) is 5.53. The van der Waals surface area contributed by atoms with E-state index in [1.807, 2.05) is 0 Å². The summed E-state index contributed by atoms with van der Waals surface area (Å²) in [5.74, 6) is 0.0439. The number of nitrogens with one attached hydrogen (secondary N) is 2. The van der Waals surface area contributed by atoms with Crippen molar-refractivity contribution in [2.24, 2.45) is 0 Å². The van der Waals surface area contributed by atoms with Crippen LogP contribution in [-0.2, 0) is 11.3 Å². The molecule has 0 radical (unpaired) electrons. The van der Waals surface area contributed by atoms with E-state index in [0.29, 0.717) is 24.5 Å². The number of rotatable bonds is 5. The monoisotopic (exact) mass is 295 g/mol. The Morgan fingerprint density at radius 3 is 2.86 bits per heavy atom. The van der Waals surface area contributed by atoms with Gasteiger partial charge in [0, 0.05) is 37.0 Å². The van der Waals surface area contributed by atoms with Gasteiger partial charge in [-0.25, -0.2) is 9.37 Å². The van der Waals surface area contributed by atoms with Crippen LogP contribution in [0.3, 0.4) is 0 Å².